The molecule has 5 aromatic rings. The van der Waals surface area contributed by atoms with E-state index in [1.807, 2.05) is 66.0 Å². The highest BCUT2D eigenvalue weighted by Gasteiger charge is 2.26. The minimum atomic E-state index is -0.194. The molecule has 0 spiro atoms. The van der Waals surface area contributed by atoms with Crippen LogP contribution in [0.3, 0.4) is 0 Å². The van der Waals surface area contributed by atoms with Crippen LogP contribution in [0.15, 0.2) is 89.1 Å². The number of carbonyl (C=O) groups is 2. The lowest BCUT2D eigenvalue weighted by Crippen LogP contribution is -2.28. The lowest BCUT2D eigenvalue weighted by atomic mass is 10.1. The molecule has 2 amide bonds. The number of nitrogens with zero attached hydrogens (tertiary/aromatic N) is 2. The molecule has 6 rings (SSSR count). The summed E-state index contributed by atoms with van der Waals surface area (Å²) in [5.74, 6) is -0.283. The molecule has 1 N–H and O–H groups in total. The van der Waals surface area contributed by atoms with Crippen LogP contribution in [0, 0.1) is 0 Å². The van der Waals surface area contributed by atoms with Gasteiger partial charge >= 0.3 is 0 Å². The Balaban J connectivity index is 1.30. The van der Waals surface area contributed by atoms with E-state index in [1.165, 1.54) is 12.5 Å². The summed E-state index contributed by atoms with van der Waals surface area (Å²) in [5.41, 5.74) is 5.23. The van der Waals surface area contributed by atoms with Crippen LogP contribution in [0.1, 0.15) is 26.3 Å². The van der Waals surface area contributed by atoms with Crippen LogP contribution >= 0.6 is 11.3 Å². The average molecular weight is 466 g/mol. The van der Waals surface area contributed by atoms with Gasteiger partial charge in [-0.25, -0.2) is 4.98 Å². The van der Waals surface area contributed by atoms with Crippen molar-refractivity contribution < 1.29 is 14.0 Å². The lowest BCUT2D eigenvalue weighted by Gasteiger charge is -2.17. The molecule has 0 saturated heterocycles. The quantitative estimate of drug-likeness (QED) is 0.353. The Kier molecular flexibility index (Phi) is 4.96. The first-order valence-electron chi connectivity index (χ1n) is 10.9. The normalized spacial score (nSPS) is 12.6. The van der Waals surface area contributed by atoms with Gasteiger partial charge in [0.1, 0.15) is 6.26 Å². The van der Waals surface area contributed by atoms with E-state index in [0.29, 0.717) is 23.4 Å². The van der Waals surface area contributed by atoms with Crippen LogP contribution in [0.4, 0.5) is 11.4 Å². The number of hydrogen-bond donors (Lipinski definition) is 1. The fourth-order valence-corrected chi connectivity index (χ4v) is 5.03. The van der Waals surface area contributed by atoms with Crippen molar-refractivity contribution in [2.75, 3.05) is 16.8 Å². The van der Waals surface area contributed by atoms with Crippen LogP contribution < -0.4 is 10.2 Å². The molecule has 1 aliphatic heterocycles. The van der Waals surface area contributed by atoms with Crippen LogP contribution in [-0.4, -0.2) is 23.3 Å². The molecular weight excluding hydrogens is 446 g/mol. The Bertz CT molecular complexity index is 1520. The number of carbonyl (C=O) groups excluding carboxylic acids is 2. The summed E-state index contributed by atoms with van der Waals surface area (Å²) in [6.07, 6.45) is 3.68. The molecule has 0 aliphatic carbocycles. The second-order valence-corrected chi connectivity index (χ2v) is 9.01. The molecule has 0 saturated carbocycles. The summed E-state index contributed by atoms with van der Waals surface area (Å²) in [4.78, 5) is 33.6. The van der Waals surface area contributed by atoms with Gasteiger partial charge in [-0.2, -0.15) is 0 Å². The van der Waals surface area contributed by atoms with Crippen molar-refractivity contribution in [2.24, 2.45) is 0 Å². The fourth-order valence-electron chi connectivity index (χ4n) is 4.34. The number of para-hydroxylation sites is 1. The number of rotatable bonds is 4. The highest BCUT2D eigenvalue weighted by Crippen LogP contribution is 2.33. The second kappa shape index (κ2) is 8.28. The van der Waals surface area contributed by atoms with Gasteiger partial charge in [-0.15, -0.1) is 11.3 Å². The maximum atomic E-state index is 13.4. The van der Waals surface area contributed by atoms with E-state index in [0.717, 1.165) is 39.1 Å². The first-order chi connectivity index (χ1) is 16.7. The van der Waals surface area contributed by atoms with E-state index in [9.17, 15) is 9.59 Å². The van der Waals surface area contributed by atoms with Crippen LogP contribution in [0.5, 0.6) is 0 Å². The third-order valence-electron chi connectivity index (χ3n) is 5.98. The molecule has 0 fully saturated rings. The molecule has 0 unspecified atom stereocenters. The van der Waals surface area contributed by atoms with Gasteiger partial charge in [-0.05, 0) is 59.8 Å². The molecule has 2 aromatic carbocycles. The maximum absolute atomic E-state index is 13.4. The number of amides is 2. The highest BCUT2D eigenvalue weighted by molar-refractivity contribution is 7.13. The molecule has 0 atom stereocenters. The zero-order valence-corrected chi connectivity index (χ0v) is 18.8. The van der Waals surface area contributed by atoms with Crippen molar-refractivity contribution in [1.82, 2.24) is 4.98 Å². The van der Waals surface area contributed by atoms with Crippen molar-refractivity contribution >= 4 is 45.4 Å². The summed E-state index contributed by atoms with van der Waals surface area (Å²) in [6.45, 7) is 0.593. The first-order valence-corrected chi connectivity index (χ1v) is 11.8. The Hall–Kier alpha value is -4.23. The predicted octanol–water partition coefficient (Wildman–Crippen LogP) is 6.01. The largest absolute Gasteiger partial charge is 0.472 e. The van der Waals surface area contributed by atoms with Crippen molar-refractivity contribution in [3.63, 3.8) is 0 Å². The third-order valence-corrected chi connectivity index (χ3v) is 6.87. The number of fused-ring (bicyclic) bond motifs is 2. The number of nitrogens with one attached hydrogen (secondary N) is 1. The van der Waals surface area contributed by atoms with Crippen molar-refractivity contribution in [3.05, 3.63) is 101 Å². The Morgan fingerprint density at radius 2 is 1.94 bits per heavy atom. The van der Waals surface area contributed by atoms with Gasteiger partial charge in [0.15, 0.2) is 0 Å². The van der Waals surface area contributed by atoms with E-state index in [2.05, 4.69) is 5.32 Å². The summed E-state index contributed by atoms with van der Waals surface area (Å²) in [6, 6.07) is 20.8. The Labute approximate surface area is 199 Å². The molecule has 1 aliphatic rings. The summed E-state index contributed by atoms with van der Waals surface area (Å²) < 4.78 is 5.05. The first kappa shape index (κ1) is 20.4. The Morgan fingerprint density at radius 1 is 1.03 bits per heavy atom. The van der Waals surface area contributed by atoms with Crippen molar-refractivity contribution in [1.29, 1.82) is 0 Å². The van der Waals surface area contributed by atoms with E-state index >= 15 is 0 Å². The smallest absolute Gasteiger partial charge is 0.261 e. The molecule has 0 bridgehead atoms. The standard InChI is InChI=1S/C27H19N3O3S/c31-26(21-15-23(25-6-3-13-34-25)29-22-5-2-1-4-20(21)22)28-19-7-8-24-17(14-19)9-11-30(24)27(32)18-10-12-33-16-18/h1-8,10,12-16H,9,11H2,(H,28,31). The van der Waals surface area contributed by atoms with Gasteiger partial charge in [0.2, 0.25) is 0 Å². The lowest BCUT2D eigenvalue weighted by molar-refractivity contribution is 0.0987. The minimum absolute atomic E-state index is 0.0892. The maximum Gasteiger partial charge on any atom is 0.261 e. The van der Waals surface area contributed by atoms with Crippen molar-refractivity contribution in [2.45, 2.75) is 6.42 Å². The van der Waals surface area contributed by atoms with Crippen LogP contribution in [-0.2, 0) is 6.42 Å². The highest BCUT2D eigenvalue weighted by atomic mass is 32.1. The van der Waals surface area contributed by atoms with Crippen LogP contribution in [0.25, 0.3) is 21.5 Å². The van der Waals surface area contributed by atoms with Gasteiger partial charge in [0.25, 0.3) is 11.8 Å². The van der Waals surface area contributed by atoms with E-state index in [1.54, 1.807) is 22.3 Å². The number of thiophene rings is 1. The zero-order valence-electron chi connectivity index (χ0n) is 18.0. The number of hydrogen-bond acceptors (Lipinski definition) is 5. The van der Waals surface area contributed by atoms with Crippen molar-refractivity contribution in [3.8, 4) is 10.6 Å². The number of furan rings is 1. The van der Waals surface area contributed by atoms with Gasteiger partial charge in [-0.1, -0.05) is 24.3 Å². The molecule has 6 nitrogen and oxygen atoms in total. The Morgan fingerprint density at radius 3 is 2.76 bits per heavy atom. The molecule has 0 radical (unpaired) electrons. The number of benzene rings is 2. The fraction of sp³-hybridized carbons (Fsp3) is 0.0741. The topological polar surface area (TPSA) is 75.4 Å². The SMILES string of the molecule is O=C(Nc1ccc2c(c1)CCN2C(=O)c1ccoc1)c1cc(-c2cccs2)nc2ccccc12. The van der Waals surface area contributed by atoms with Gasteiger partial charge < -0.3 is 14.6 Å². The van der Waals surface area contributed by atoms with Crippen LogP contribution in [0.2, 0.25) is 0 Å². The molecule has 7 heteroatoms. The monoisotopic (exact) mass is 465 g/mol. The average Bonchev–Trinajstić information content (AvgIpc) is 3.64. The van der Waals surface area contributed by atoms with Gasteiger partial charge in [-0.3, -0.25) is 9.59 Å². The predicted molar refractivity (Wildman–Crippen MR) is 134 cm³/mol. The van der Waals surface area contributed by atoms with E-state index in [-0.39, 0.29) is 11.8 Å². The molecular formula is C27H19N3O3S. The number of anilines is 2. The third kappa shape index (κ3) is 3.56. The molecule has 3 aromatic heterocycles. The molecule has 34 heavy (non-hydrogen) atoms. The molecule has 166 valence electrons. The summed E-state index contributed by atoms with van der Waals surface area (Å²) >= 11 is 1.59. The summed E-state index contributed by atoms with van der Waals surface area (Å²) in [5, 5.41) is 5.84. The summed E-state index contributed by atoms with van der Waals surface area (Å²) in [7, 11) is 0. The van der Waals surface area contributed by atoms with Gasteiger partial charge in [0.05, 0.1) is 33.5 Å². The number of aromatic nitrogens is 1. The number of pyridine rings is 1. The second-order valence-electron chi connectivity index (χ2n) is 8.07. The zero-order chi connectivity index (χ0) is 23.1. The van der Waals surface area contributed by atoms with Gasteiger partial charge in [0, 0.05) is 23.3 Å². The minimum Gasteiger partial charge on any atom is -0.472 e. The van der Waals surface area contributed by atoms with E-state index in [4.69, 9.17) is 9.40 Å². The van der Waals surface area contributed by atoms with E-state index < -0.39 is 0 Å². The molecule has 4 heterocycles.